The molecule has 338 valence electrons. The summed E-state index contributed by atoms with van der Waals surface area (Å²) in [5.74, 6) is -2.54. The van der Waals surface area contributed by atoms with Gasteiger partial charge >= 0.3 is 24.7 Å². The van der Waals surface area contributed by atoms with Gasteiger partial charge in [0.2, 0.25) is 0 Å². The summed E-state index contributed by atoms with van der Waals surface area (Å²) in [6.07, 6.45) is -7.08. The van der Waals surface area contributed by atoms with E-state index in [1.807, 2.05) is 0 Å². The molecular formula is C46H42F6N2O10. The summed E-state index contributed by atoms with van der Waals surface area (Å²) in [7, 11) is 0. The van der Waals surface area contributed by atoms with Gasteiger partial charge in [-0.25, -0.2) is 0 Å². The summed E-state index contributed by atoms with van der Waals surface area (Å²) in [6.45, 7) is 9.10. The van der Waals surface area contributed by atoms with Crippen LogP contribution in [0.25, 0.3) is 5.57 Å². The molecule has 0 radical (unpaired) electrons. The largest absolute Gasteiger partial charge is 0.573 e. The molecule has 6 aromatic rings. The Morgan fingerprint density at radius 2 is 1.06 bits per heavy atom. The van der Waals surface area contributed by atoms with Crippen molar-refractivity contribution in [1.82, 2.24) is 10.3 Å². The minimum absolute atomic E-state index is 0.105. The molecule has 0 amide bonds. The molecule has 18 heteroatoms. The van der Waals surface area contributed by atoms with E-state index in [0.717, 1.165) is 11.1 Å². The molecule has 0 saturated carbocycles. The molecule has 0 spiro atoms. The van der Waals surface area contributed by atoms with Crippen molar-refractivity contribution in [3.63, 3.8) is 0 Å². The van der Waals surface area contributed by atoms with Crippen molar-refractivity contribution in [1.29, 1.82) is 0 Å². The average Bonchev–Trinajstić information content (AvgIpc) is 3.97. The van der Waals surface area contributed by atoms with Crippen LogP contribution >= 0.6 is 0 Å². The standard InChI is InChI=1S/C23H22F3NO5.C23H20F3NO5/c2*1-14(2)18-11-15(3-8-21(18)32-23(24,25)26)13-30-17-6-4-16(5-7-17)19(12-22(28)29)20-9-10-31-27-20/h3-11,14,19H,12-13H2,1-2H3,(H,28,29);3-11,19H,1,12-13H2,2H3,(H,28,29). The van der Waals surface area contributed by atoms with E-state index >= 15 is 0 Å². The van der Waals surface area contributed by atoms with Crippen molar-refractivity contribution in [3.8, 4) is 23.0 Å². The number of nitrogens with zero attached hydrogens (tertiary/aromatic N) is 2. The van der Waals surface area contributed by atoms with E-state index in [1.165, 1.54) is 42.9 Å². The molecule has 12 nitrogen and oxygen atoms in total. The summed E-state index contributed by atoms with van der Waals surface area (Å²) in [4.78, 5) is 22.4. The lowest BCUT2D eigenvalue weighted by atomic mass is 9.92. The third-order valence-electron chi connectivity index (χ3n) is 9.41. The molecule has 2 atom stereocenters. The first-order chi connectivity index (χ1) is 30.2. The van der Waals surface area contributed by atoms with Gasteiger partial charge in [0.15, 0.2) is 0 Å². The van der Waals surface area contributed by atoms with E-state index in [4.69, 9.17) is 18.5 Å². The fourth-order valence-electron chi connectivity index (χ4n) is 6.44. The molecule has 2 aromatic heterocycles. The Kier molecular flexibility index (Phi) is 15.9. The molecular weight excluding hydrogens is 854 g/mol. The maximum Gasteiger partial charge on any atom is 0.573 e. The van der Waals surface area contributed by atoms with Gasteiger partial charge in [-0.05, 0) is 94.8 Å². The number of rotatable bonds is 18. The first kappa shape index (κ1) is 47.8. The van der Waals surface area contributed by atoms with Crippen molar-refractivity contribution in [2.24, 2.45) is 0 Å². The molecule has 0 bridgehead atoms. The lowest BCUT2D eigenvalue weighted by molar-refractivity contribution is -0.275. The van der Waals surface area contributed by atoms with Gasteiger partial charge in [-0.3, -0.25) is 9.59 Å². The topological polar surface area (TPSA) is 164 Å². The lowest BCUT2D eigenvalue weighted by Crippen LogP contribution is -2.18. The molecule has 2 heterocycles. The molecule has 0 aliphatic rings. The van der Waals surface area contributed by atoms with Crippen LogP contribution in [0, 0.1) is 0 Å². The second kappa shape index (κ2) is 21.2. The second-order valence-electron chi connectivity index (χ2n) is 14.6. The first-order valence-electron chi connectivity index (χ1n) is 19.4. The van der Waals surface area contributed by atoms with E-state index < -0.39 is 36.5 Å². The van der Waals surface area contributed by atoms with Gasteiger partial charge in [0.1, 0.15) is 48.7 Å². The predicted octanol–water partition coefficient (Wildman–Crippen LogP) is 11.7. The molecule has 6 rings (SSSR count). The van der Waals surface area contributed by atoms with E-state index in [0.29, 0.717) is 45.2 Å². The molecule has 0 saturated heterocycles. The van der Waals surface area contributed by atoms with Gasteiger partial charge in [0.05, 0.1) is 24.2 Å². The molecule has 4 aromatic carbocycles. The summed E-state index contributed by atoms with van der Waals surface area (Å²) >= 11 is 0. The van der Waals surface area contributed by atoms with Crippen LogP contribution in [0.4, 0.5) is 26.3 Å². The number of allylic oxidation sites excluding steroid dienone is 1. The summed E-state index contributed by atoms with van der Waals surface area (Å²) in [6, 6.07) is 25.7. The number of hydrogen-bond donors (Lipinski definition) is 2. The van der Waals surface area contributed by atoms with Crippen molar-refractivity contribution in [3.05, 3.63) is 161 Å². The average molecular weight is 897 g/mol. The number of ether oxygens (including phenoxy) is 4. The monoisotopic (exact) mass is 896 g/mol. The summed E-state index contributed by atoms with van der Waals surface area (Å²) < 4.78 is 105. The number of benzene rings is 4. The predicted molar refractivity (Wildman–Crippen MR) is 218 cm³/mol. The van der Waals surface area contributed by atoms with Gasteiger partial charge in [-0.15, -0.1) is 26.3 Å². The number of halogens is 6. The van der Waals surface area contributed by atoms with Gasteiger partial charge in [-0.2, -0.15) is 0 Å². The number of carboxylic acid groups (broad SMARTS) is 2. The van der Waals surface area contributed by atoms with Crippen molar-refractivity contribution in [2.75, 3.05) is 0 Å². The first-order valence-corrected chi connectivity index (χ1v) is 19.4. The fraction of sp³-hybridized carbons (Fsp3) is 0.261. The highest BCUT2D eigenvalue weighted by Crippen LogP contribution is 2.35. The maximum atomic E-state index is 12.6. The zero-order valence-electron chi connectivity index (χ0n) is 34.5. The van der Waals surface area contributed by atoms with Crippen LogP contribution in [0.1, 0.15) is 96.1 Å². The smallest absolute Gasteiger partial charge is 0.489 e. The van der Waals surface area contributed by atoms with Crippen LogP contribution in [0.3, 0.4) is 0 Å². The van der Waals surface area contributed by atoms with E-state index in [-0.39, 0.29) is 49.0 Å². The Morgan fingerprint density at radius 1 is 0.641 bits per heavy atom. The number of carboxylic acids is 2. The maximum absolute atomic E-state index is 12.6. The minimum atomic E-state index is -4.80. The van der Waals surface area contributed by atoms with Gasteiger partial charge in [0, 0.05) is 29.5 Å². The SMILES string of the molecule is C=C(C)c1cc(COc2ccc(C(CC(=O)O)c3ccon3)cc2)ccc1OC(F)(F)F.CC(C)c1cc(COc2ccc(C(CC(=O)O)c3ccon3)cc2)ccc1OC(F)(F)F. The molecule has 0 aliphatic heterocycles. The molecule has 64 heavy (non-hydrogen) atoms. The number of alkyl halides is 6. The number of aliphatic carboxylic acids is 2. The van der Waals surface area contributed by atoms with Crippen LogP contribution in [-0.2, 0) is 22.8 Å². The zero-order valence-corrected chi connectivity index (χ0v) is 34.5. The Bertz CT molecular complexity index is 2450. The highest BCUT2D eigenvalue weighted by atomic mass is 19.4. The van der Waals surface area contributed by atoms with Crippen molar-refractivity contribution >= 4 is 17.5 Å². The molecule has 0 fully saturated rings. The highest BCUT2D eigenvalue weighted by Gasteiger charge is 2.33. The van der Waals surface area contributed by atoms with E-state index in [9.17, 15) is 46.1 Å². The zero-order chi connectivity index (χ0) is 46.6. The normalized spacial score (nSPS) is 12.4. The Morgan fingerprint density at radius 3 is 1.44 bits per heavy atom. The van der Waals surface area contributed by atoms with Gasteiger partial charge in [-0.1, -0.05) is 67.1 Å². The number of hydrogen-bond acceptors (Lipinski definition) is 10. The minimum Gasteiger partial charge on any atom is -0.489 e. The van der Waals surface area contributed by atoms with Crippen LogP contribution in [0.5, 0.6) is 23.0 Å². The van der Waals surface area contributed by atoms with Crippen LogP contribution in [0.15, 0.2) is 125 Å². The highest BCUT2D eigenvalue weighted by molar-refractivity contribution is 5.70. The van der Waals surface area contributed by atoms with Gasteiger partial charge in [0.25, 0.3) is 0 Å². The third-order valence-corrected chi connectivity index (χ3v) is 9.41. The van der Waals surface area contributed by atoms with Crippen molar-refractivity contribution < 1.29 is 74.1 Å². The number of carbonyl (C=O) groups is 2. The molecule has 2 unspecified atom stereocenters. The summed E-state index contributed by atoms with van der Waals surface area (Å²) in [5, 5.41) is 26.1. The Hall–Kier alpha value is -7.24. The van der Waals surface area contributed by atoms with Crippen molar-refractivity contribution in [2.45, 2.75) is 77.3 Å². The van der Waals surface area contributed by atoms with E-state index in [2.05, 4.69) is 26.4 Å². The molecule has 2 N–H and O–H groups in total. The second-order valence-corrected chi connectivity index (χ2v) is 14.6. The number of aromatic nitrogens is 2. The van der Waals surface area contributed by atoms with Crippen LogP contribution in [0.2, 0.25) is 0 Å². The van der Waals surface area contributed by atoms with E-state index in [1.54, 1.807) is 87.5 Å². The van der Waals surface area contributed by atoms with Gasteiger partial charge < -0.3 is 38.2 Å². The Labute approximate surface area is 362 Å². The fourth-order valence-corrected chi connectivity index (χ4v) is 6.44. The quantitative estimate of drug-likeness (QED) is 0.0786. The molecule has 0 aliphatic carbocycles. The Balaban J connectivity index is 0.000000241. The van der Waals surface area contributed by atoms with Crippen LogP contribution < -0.4 is 18.9 Å². The lowest BCUT2D eigenvalue weighted by Gasteiger charge is -2.17. The summed E-state index contributed by atoms with van der Waals surface area (Å²) in [5.41, 5.74) is 4.92. The third kappa shape index (κ3) is 14.4. The van der Waals surface area contributed by atoms with Crippen LogP contribution in [-0.4, -0.2) is 45.2 Å².